The number of nitrogens with zero attached hydrogens (tertiary/aromatic N) is 1. The van der Waals surface area contributed by atoms with E-state index in [1.807, 2.05) is 0 Å². The summed E-state index contributed by atoms with van der Waals surface area (Å²) in [6.07, 6.45) is 0. The Kier molecular flexibility index (Phi) is 1.26. The van der Waals surface area contributed by atoms with Gasteiger partial charge in [-0.3, -0.25) is 4.79 Å². The van der Waals surface area contributed by atoms with Crippen molar-refractivity contribution < 1.29 is 0 Å². The molecule has 1 aromatic rings. The van der Waals surface area contributed by atoms with Crippen LogP contribution in [0, 0.1) is 0 Å². The van der Waals surface area contributed by atoms with Gasteiger partial charge in [-0.05, 0) is 0 Å². The Hall–Kier alpha value is -0.900. The predicted octanol–water partition coefficient (Wildman–Crippen LogP) is 0.0855. The van der Waals surface area contributed by atoms with E-state index < -0.39 is 0 Å². The molecule has 3 nitrogen and oxygen atoms in total. The van der Waals surface area contributed by atoms with E-state index in [2.05, 4.69) is 4.98 Å². The molecule has 0 atom stereocenters. The van der Waals surface area contributed by atoms with Crippen LogP contribution in [0.2, 0.25) is 0 Å². The van der Waals surface area contributed by atoms with Crippen molar-refractivity contribution in [1.82, 2.24) is 4.98 Å². The van der Waals surface area contributed by atoms with Crippen molar-refractivity contribution in [2.45, 2.75) is 0 Å². The van der Waals surface area contributed by atoms with E-state index >= 15 is 0 Å². The summed E-state index contributed by atoms with van der Waals surface area (Å²) in [4.78, 5) is 13.8. The highest BCUT2D eigenvalue weighted by molar-refractivity contribution is 7.07. The van der Waals surface area contributed by atoms with Gasteiger partial charge in [-0.25, -0.2) is 4.98 Å². The van der Waals surface area contributed by atoms with E-state index in [0.717, 1.165) is 0 Å². The number of nitrogen functional groups attached to an aromatic ring is 1. The van der Waals surface area contributed by atoms with Crippen molar-refractivity contribution in [3.8, 4) is 0 Å². The normalized spacial score (nSPS) is 9.00. The molecule has 42 valence electrons. The Morgan fingerprint density at radius 1 is 1.75 bits per heavy atom. The molecule has 1 aromatic heterocycles. The standard InChI is InChI=1S/C4H4N2OS/c5-3-1-8-2-6-4(3)7/h1-2H,5H2. The number of nitrogens with two attached hydrogens (primary N) is 1. The Morgan fingerprint density at radius 2 is 2.50 bits per heavy atom. The smallest absolute Gasteiger partial charge is 0.294 e. The minimum absolute atomic E-state index is 0.220. The van der Waals surface area contributed by atoms with E-state index in [1.165, 1.54) is 16.8 Å². The average Bonchev–Trinajstić information content (AvgIpc) is 1.77. The first-order valence-electron chi connectivity index (χ1n) is 1.98. The number of hydrogen-bond acceptors (Lipinski definition) is 4. The summed E-state index contributed by atoms with van der Waals surface area (Å²) >= 11 is 1.31. The molecule has 0 saturated heterocycles. The third-order valence-corrected chi connectivity index (χ3v) is 1.29. The lowest BCUT2D eigenvalue weighted by atomic mass is 10.6. The van der Waals surface area contributed by atoms with Crippen molar-refractivity contribution in [3.05, 3.63) is 21.2 Å². The van der Waals surface area contributed by atoms with Crippen LogP contribution in [-0.2, 0) is 0 Å². The van der Waals surface area contributed by atoms with Crippen molar-refractivity contribution in [2.24, 2.45) is 0 Å². The topological polar surface area (TPSA) is 56.0 Å². The minimum atomic E-state index is -0.344. The van der Waals surface area contributed by atoms with Crippen LogP contribution >= 0.6 is 11.3 Å². The van der Waals surface area contributed by atoms with E-state index in [4.69, 9.17) is 5.73 Å². The largest absolute Gasteiger partial charge is 0.394 e. The van der Waals surface area contributed by atoms with Gasteiger partial charge in [0, 0.05) is 5.38 Å². The molecule has 0 saturated carbocycles. The van der Waals surface area contributed by atoms with Crippen LogP contribution < -0.4 is 11.3 Å². The van der Waals surface area contributed by atoms with E-state index in [9.17, 15) is 4.79 Å². The van der Waals surface area contributed by atoms with Crippen LogP contribution in [0.15, 0.2) is 15.7 Å². The number of aromatic nitrogens is 1. The molecule has 1 rings (SSSR count). The monoisotopic (exact) mass is 128 g/mol. The zero-order valence-electron chi connectivity index (χ0n) is 4.00. The van der Waals surface area contributed by atoms with Gasteiger partial charge in [0.25, 0.3) is 5.56 Å². The van der Waals surface area contributed by atoms with Crippen LogP contribution in [0.1, 0.15) is 0 Å². The van der Waals surface area contributed by atoms with Crippen LogP contribution in [0.3, 0.4) is 0 Å². The third kappa shape index (κ3) is 0.840. The fraction of sp³-hybridized carbons (Fsp3) is 0. The highest BCUT2D eigenvalue weighted by atomic mass is 32.1. The molecule has 1 heterocycles. The van der Waals surface area contributed by atoms with Gasteiger partial charge in [-0.1, -0.05) is 0 Å². The second kappa shape index (κ2) is 1.92. The van der Waals surface area contributed by atoms with Crippen molar-refractivity contribution in [2.75, 3.05) is 5.73 Å². The quantitative estimate of drug-likeness (QED) is 0.538. The lowest BCUT2D eigenvalue weighted by Gasteiger charge is -1.81. The second-order valence-electron chi connectivity index (χ2n) is 1.25. The Morgan fingerprint density at radius 3 is 2.88 bits per heavy atom. The van der Waals surface area contributed by atoms with E-state index in [-0.39, 0.29) is 11.2 Å². The molecule has 0 aliphatic heterocycles. The molecule has 8 heavy (non-hydrogen) atoms. The molecule has 0 unspecified atom stereocenters. The molecule has 0 amide bonds. The number of rotatable bonds is 0. The number of anilines is 1. The Bertz CT molecular complexity index is 231. The van der Waals surface area contributed by atoms with Gasteiger partial charge in [0.15, 0.2) is 0 Å². The summed E-state index contributed by atoms with van der Waals surface area (Å²) in [5, 5.41) is 1.56. The second-order valence-corrected chi connectivity index (χ2v) is 1.97. The molecule has 0 fully saturated rings. The molecule has 0 spiro atoms. The third-order valence-electron chi connectivity index (χ3n) is 0.673. The highest BCUT2D eigenvalue weighted by Crippen LogP contribution is 1.93. The van der Waals surface area contributed by atoms with Crippen molar-refractivity contribution in [3.63, 3.8) is 0 Å². The maximum atomic E-state index is 10.4. The summed E-state index contributed by atoms with van der Waals surface area (Å²) in [5.74, 6) is 0. The average molecular weight is 128 g/mol. The molecular weight excluding hydrogens is 124 g/mol. The van der Waals surface area contributed by atoms with Crippen LogP contribution in [0.25, 0.3) is 0 Å². The summed E-state index contributed by atoms with van der Waals surface area (Å²) in [5.41, 5.74) is 6.49. The molecule has 0 bridgehead atoms. The van der Waals surface area contributed by atoms with Gasteiger partial charge in [-0.2, -0.15) is 0 Å². The lowest BCUT2D eigenvalue weighted by Crippen LogP contribution is -2.08. The van der Waals surface area contributed by atoms with E-state index in [1.54, 1.807) is 5.38 Å². The highest BCUT2D eigenvalue weighted by Gasteiger charge is 1.87. The molecular formula is C4H4N2OS. The summed E-state index contributed by atoms with van der Waals surface area (Å²) < 4.78 is 0. The molecule has 0 aliphatic carbocycles. The maximum absolute atomic E-state index is 10.4. The van der Waals surface area contributed by atoms with Crippen molar-refractivity contribution in [1.29, 1.82) is 0 Å². The predicted molar refractivity (Wildman–Crippen MR) is 32.8 cm³/mol. The van der Waals surface area contributed by atoms with Gasteiger partial charge in [0.1, 0.15) is 5.69 Å². The van der Waals surface area contributed by atoms with Crippen LogP contribution in [0.5, 0.6) is 0 Å². The molecule has 0 radical (unpaired) electrons. The van der Waals surface area contributed by atoms with Gasteiger partial charge in [-0.15, -0.1) is 11.3 Å². The first kappa shape index (κ1) is 5.24. The Labute approximate surface area is 49.8 Å². The fourth-order valence-electron chi connectivity index (χ4n) is 0.307. The SMILES string of the molecule is Nc1cscnc1=O. The summed E-state index contributed by atoms with van der Waals surface area (Å²) in [6, 6.07) is 0. The first-order chi connectivity index (χ1) is 3.80. The summed E-state index contributed by atoms with van der Waals surface area (Å²) in [6.45, 7) is 0. The lowest BCUT2D eigenvalue weighted by molar-refractivity contribution is 1.29. The zero-order chi connectivity index (χ0) is 5.98. The molecule has 4 heteroatoms. The van der Waals surface area contributed by atoms with Crippen LogP contribution in [0.4, 0.5) is 5.69 Å². The van der Waals surface area contributed by atoms with E-state index in [0.29, 0.717) is 0 Å². The van der Waals surface area contributed by atoms with Crippen LogP contribution in [-0.4, -0.2) is 4.98 Å². The van der Waals surface area contributed by atoms with Gasteiger partial charge in [0.2, 0.25) is 0 Å². The minimum Gasteiger partial charge on any atom is -0.394 e. The molecule has 0 aromatic carbocycles. The summed E-state index contributed by atoms with van der Waals surface area (Å²) in [7, 11) is 0. The molecule has 2 N–H and O–H groups in total. The molecule has 0 aliphatic rings. The first-order valence-corrected chi connectivity index (χ1v) is 2.93. The zero-order valence-corrected chi connectivity index (χ0v) is 4.81. The number of hydrogen-bond donors (Lipinski definition) is 1. The van der Waals surface area contributed by atoms with Crippen molar-refractivity contribution >= 4 is 17.0 Å². The van der Waals surface area contributed by atoms with Gasteiger partial charge < -0.3 is 5.73 Å². The fourth-order valence-corrected chi connectivity index (χ4v) is 0.772. The van der Waals surface area contributed by atoms with Gasteiger partial charge in [0.05, 0.1) is 5.51 Å². The maximum Gasteiger partial charge on any atom is 0.294 e. The van der Waals surface area contributed by atoms with Gasteiger partial charge >= 0.3 is 0 Å². The Balaban J connectivity index is 3.35.